The van der Waals surface area contributed by atoms with Crippen molar-refractivity contribution in [3.05, 3.63) is 53.6 Å². The van der Waals surface area contributed by atoms with Crippen LogP contribution in [-0.4, -0.2) is 83.1 Å². The molecular formula is C29H35ClN8O3S. The molecule has 13 heteroatoms. The van der Waals surface area contributed by atoms with Crippen LogP contribution in [0.25, 0.3) is 22.2 Å². The lowest BCUT2D eigenvalue weighted by Gasteiger charge is -2.44. The molecule has 0 bridgehead atoms. The maximum Gasteiger partial charge on any atom is 0.211 e. The Hall–Kier alpha value is -3.32. The zero-order valence-corrected chi connectivity index (χ0v) is 25.7. The molecule has 2 saturated heterocycles. The summed E-state index contributed by atoms with van der Waals surface area (Å²) in [5, 5.41) is 10.4. The number of aromatic nitrogens is 5. The third-order valence-corrected chi connectivity index (χ3v) is 9.80. The summed E-state index contributed by atoms with van der Waals surface area (Å²) in [5.41, 5.74) is 2.94. The number of nitrogens with one attached hydrogen (secondary N) is 1. The van der Waals surface area contributed by atoms with Crippen LogP contribution in [0, 0.1) is 0 Å². The molecule has 1 aromatic carbocycles. The molecule has 0 unspecified atom stereocenters. The zero-order valence-electron chi connectivity index (χ0n) is 24.2. The Kier molecular flexibility index (Phi) is 7.81. The number of benzene rings is 1. The van der Waals surface area contributed by atoms with Gasteiger partial charge in [0.1, 0.15) is 11.6 Å². The van der Waals surface area contributed by atoms with E-state index in [0.717, 1.165) is 29.3 Å². The van der Waals surface area contributed by atoms with Crippen LogP contribution in [-0.2, 0) is 14.8 Å². The summed E-state index contributed by atoms with van der Waals surface area (Å²) < 4.78 is 32.8. The second-order valence-electron chi connectivity index (χ2n) is 11.3. The van der Waals surface area contributed by atoms with E-state index in [1.165, 1.54) is 16.1 Å². The molecule has 42 heavy (non-hydrogen) atoms. The highest BCUT2D eigenvalue weighted by atomic mass is 35.5. The Balaban J connectivity index is 1.26. The first-order valence-corrected chi connectivity index (χ1v) is 16.3. The summed E-state index contributed by atoms with van der Waals surface area (Å²) in [7, 11) is -1.59. The molecule has 11 nitrogen and oxygen atoms in total. The Morgan fingerprint density at radius 3 is 2.57 bits per heavy atom. The summed E-state index contributed by atoms with van der Waals surface area (Å²) in [4.78, 5) is 16.1. The van der Waals surface area contributed by atoms with Gasteiger partial charge in [-0.15, -0.1) is 0 Å². The first kappa shape index (κ1) is 28.8. The van der Waals surface area contributed by atoms with E-state index in [2.05, 4.69) is 46.3 Å². The molecule has 2 fully saturated rings. The van der Waals surface area contributed by atoms with Crippen molar-refractivity contribution >= 4 is 49.7 Å². The molecule has 0 spiro atoms. The third-order valence-electron chi connectivity index (χ3n) is 8.18. The largest absolute Gasteiger partial charge is 0.381 e. The molecule has 2 aliphatic heterocycles. The number of nitrogens with zero attached hydrogens (tertiary/aromatic N) is 7. The summed E-state index contributed by atoms with van der Waals surface area (Å²) >= 11 is 6.52. The maximum absolute atomic E-state index is 12.0. The van der Waals surface area contributed by atoms with Gasteiger partial charge in [-0.3, -0.25) is 4.68 Å². The molecule has 6 rings (SSSR count). The van der Waals surface area contributed by atoms with Crippen molar-refractivity contribution < 1.29 is 13.2 Å². The van der Waals surface area contributed by atoms with Gasteiger partial charge in [0.05, 0.1) is 23.9 Å². The minimum atomic E-state index is -3.23. The number of rotatable bonds is 8. The Labute approximate surface area is 250 Å². The first-order chi connectivity index (χ1) is 20.1. The van der Waals surface area contributed by atoms with Crippen LogP contribution in [0.1, 0.15) is 44.2 Å². The number of ether oxygens (including phenoxy) is 1. The molecule has 0 radical (unpaired) electrons. The predicted octanol–water partition coefficient (Wildman–Crippen LogP) is 4.84. The lowest BCUT2D eigenvalue weighted by molar-refractivity contribution is 0.0662. The summed E-state index contributed by atoms with van der Waals surface area (Å²) in [6.45, 7) is 7.04. The van der Waals surface area contributed by atoms with Crippen LogP contribution < -0.4 is 10.2 Å². The van der Waals surface area contributed by atoms with Crippen molar-refractivity contribution in [2.45, 2.75) is 44.7 Å². The number of halogens is 1. The number of likely N-dealkylation sites (N-methyl/N-ethyl adjacent to an activating group) is 1. The highest BCUT2D eigenvalue weighted by molar-refractivity contribution is 7.88. The Morgan fingerprint density at radius 1 is 1.10 bits per heavy atom. The van der Waals surface area contributed by atoms with Crippen LogP contribution in [0.15, 0.2) is 42.9 Å². The van der Waals surface area contributed by atoms with E-state index in [1.54, 1.807) is 19.3 Å². The van der Waals surface area contributed by atoms with Gasteiger partial charge in [-0.25, -0.2) is 23.4 Å². The molecule has 222 valence electrons. The van der Waals surface area contributed by atoms with Gasteiger partial charge < -0.3 is 15.0 Å². The second kappa shape index (κ2) is 11.4. The van der Waals surface area contributed by atoms with Crippen LogP contribution in [0.4, 0.5) is 17.3 Å². The highest BCUT2D eigenvalue weighted by Crippen LogP contribution is 2.37. The van der Waals surface area contributed by atoms with E-state index in [-0.39, 0.29) is 12.1 Å². The van der Waals surface area contributed by atoms with Crippen molar-refractivity contribution in [1.29, 1.82) is 0 Å². The molecule has 0 amide bonds. The number of anilines is 3. The molecule has 0 atom stereocenters. The predicted molar refractivity (Wildman–Crippen MR) is 165 cm³/mol. The van der Waals surface area contributed by atoms with E-state index in [9.17, 15) is 8.42 Å². The van der Waals surface area contributed by atoms with E-state index < -0.39 is 10.0 Å². The topological polar surface area (TPSA) is 118 Å². The fourth-order valence-electron chi connectivity index (χ4n) is 5.59. The van der Waals surface area contributed by atoms with Gasteiger partial charge in [0.15, 0.2) is 11.0 Å². The smallest absolute Gasteiger partial charge is 0.211 e. The second-order valence-corrected chi connectivity index (χ2v) is 13.7. The standard InChI is InChI=1S/C29H35ClN8O3S/c1-18(2)21-5-6-25(37-15-20(16-37)36(3)42(4,39)40)23-14-32-27(13-22(21)23)33-26-7-10-31-29(34-26)24-17-38(35-28(24)30)19-8-11-41-12-9-19/h5-7,10,13-14,17-20H,8-9,11-12,15-16H2,1-4H3,(H,31,32,33,34). The van der Waals surface area contributed by atoms with Crippen LogP contribution in [0.2, 0.25) is 5.15 Å². The van der Waals surface area contributed by atoms with Crippen molar-refractivity contribution in [1.82, 2.24) is 29.0 Å². The summed E-state index contributed by atoms with van der Waals surface area (Å²) in [6.07, 6.45) is 8.52. The summed E-state index contributed by atoms with van der Waals surface area (Å²) in [6, 6.07) is 8.31. The highest BCUT2D eigenvalue weighted by Gasteiger charge is 2.35. The van der Waals surface area contributed by atoms with Gasteiger partial charge in [0.2, 0.25) is 10.0 Å². The molecule has 4 aromatic rings. The molecule has 2 aliphatic rings. The van der Waals surface area contributed by atoms with Gasteiger partial charge >= 0.3 is 0 Å². The fraction of sp³-hybridized carbons (Fsp3) is 0.448. The SMILES string of the molecule is CC(C)c1ccc(N2CC(N(C)S(C)(=O)=O)C2)c2cnc(Nc3ccnc(-c4cn(C5CCOCC5)nc4Cl)n3)cc12. The molecule has 5 heterocycles. The number of pyridine rings is 1. The van der Waals surface area contributed by atoms with Gasteiger partial charge in [0, 0.05) is 63.0 Å². The average Bonchev–Trinajstić information content (AvgIpc) is 3.33. The van der Waals surface area contributed by atoms with Crippen LogP contribution in [0.3, 0.4) is 0 Å². The molecule has 0 saturated carbocycles. The number of hydrogen-bond donors (Lipinski definition) is 1. The minimum Gasteiger partial charge on any atom is -0.381 e. The van der Waals surface area contributed by atoms with Gasteiger partial charge in [-0.05, 0) is 47.9 Å². The normalized spacial score (nSPS) is 16.9. The average molecular weight is 611 g/mol. The lowest BCUT2D eigenvalue weighted by Crippen LogP contribution is -2.59. The van der Waals surface area contributed by atoms with E-state index in [1.807, 2.05) is 23.1 Å². The zero-order chi connectivity index (χ0) is 29.6. The van der Waals surface area contributed by atoms with Crippen molar-refractivity contribution in [2.75, 3.05) is 49.8 Å². The van der Waals surface area contributed by atoms with Crippen LogP contribution in [0.5, 0.6) is 0 Å². The van der Waals surface area contributed by atoms with Crippen LogP contribution >= 0.6 is 11.6 Å². The molecule has 0 aliphatic carbocycles. The summed E-state index contributed by atoms with van der Waals surface area (Å²) in [5.74, 6) is 2.05. The van der Waals surface area contributed by atoms with Crippen molar-refractivity contribution in [3.63, 3.8) is 0 Å². The van der Waals surface area contributed by atoms with Gasteiger partial charge in [-0.2, -0.15) is 9.40 Å². The number of sulfonamides is 1. The molecule has 1 N–H and O–H groups in total. The Morgan fingerprint density at radius 2 is 1.86 bits per heavy atom. The van der Waals surface area contributed by atoms with Gasteiger partial charge in [-0.1, -0.05) is 31.5 Å². The monoisotopic (exact) mass is 610 g/mol. The Bertz CT molecular complexity index is 1720. The quantitative estimate of drug-likeness (QED) is 0.299. The molecule has 3 aromatic heterocycles. The number of hydrogen-bond acceptors (Lipinski definition) is 9. The first-order valence-electron chi connectivity index (χ1n) is 14.1. The van der Waals surface area contributed by atoms with E-state index in [4.69, 9.17) is 26.3 Å². The van der Waals surface area contributed by atoms with Crippen molar-refractivity contribution in [2.24, 2.45) is 0 Å². The van der Waals surface area contributed by atoms with E-state index >= 15 is 0 Å². The third kappa shape index (κ3) is 5.68. The van der Waals surface area contributed by atoms with Gasteiger partial charge in [0.25, 0.3) is 0 Å². The lowest BCUT2D eigenvalue weighted by atomic mass is 9.94. The minimum absolute atomic E-state index is 0.0435. The van der Waals surface area contributed by atoms with E-state index in [0.29, 0.717) is 60.4 Å². The maximum atomic E-state index is 12.0. The molecular weight excluding hydrogens is 576 g/mol. The fourth-order valence-corrected chi connectivity index (χ4v) is 6.49. The van der Waals surface area contributed by atoms with Crippen molar-refractivity contribution in [3.8, 4) is 11.4 Å². The number of fused-ring (bicyclic) bond motifs is 1.